The van der Waals surface area contributed by atoms with Crippen molar-refractivity contribution < 1.29 is 14.3 Å². The third-order valence-electron chi connectivity index (χ3n) is 6.26. The molecule has 1 N–H and O–H groups in total. The zero-order chi connectivity index (χ0) is 22.2. The molecule has 0 unspecified atom stereocenters. The molecule has 3 heterocycles. The SMILES string of the molecule is COc1nc(N2CCN(C(C)=O)CC2)ccc1-c1cc2nc(OC3CCC3)[nH]c2cc1Cl. The number of ether oxygens (including phenoxy) is 2. The molecule has 2 fully saturated rings. The van der Waals surface area contributed by atoms with Crippen LogP contribution in [0.15, 0.2) is 24.3 Å². The number of pyridine rings is 1. The Bertz CT molecular complexity index is 1150. The Morgan fingerprint density at radius 2 is 1.91 bits per heavy atom. The fraction of sp³-hybridized carbons (Fsp3) is 0.435. The van der Waals surface area contributed by atoms with Gasteiger partial charge in [-0.15, -0.1) is 0 Å². The summed E-state index contributed by atoms with van der Waals surface area (Å²) in [4.78, 5) is 28.1. The molecule has 0 spiro atoms. The van der Waals surface area contributed by atoms with E-state index in [-0.39, 0.29) is 12.0 Å². The molecule has 1 saturated carbocycles. The number of methoxy groups -OCH3 is 1. The molecular formula is C23H26ClN5O3. The highest BCUT2D eigenvalue weighted by Crippen LogP contribution is 2.38. The van der Waals surface area contributed by atoms with Crippen LogP contribution in [-0.4, -0.2) is 65.2 Å². The molecule has 1 aliphatic heterocycles. The molecule has 1 aliphatic carbocycles. The fourth-order valence-corrected chi connectivity index (χ4v) is 4.40. The number of H-pyrrole nitrogens is 1. The number of nitrogens with one attached hydrogen (secondary N) is 1. The van der Waals surface area contributed by atoms with Crippen LogP contribution in [0.25, 0.3) is 22.2 Å². The number of halogens is 1. The molecule has 1 aromatic carbocycles. The number of hydrogen-bond donors (Lipinski definition) is 1. The Hall–Kier alpha value is -3.00. The topological polar surface area (TPSA) is 83.6 Å². The first-order chi connectivity index (χ1) is 15.5. The third-order valence-corrected chi connectivity index (χ3v) is 6.57. The second-order valence-electron chi connectivity index (χ2n) is 8.28. The van der Waals surface area contributed by atoms with Crippen molar-refractivity contribution in [2.45, 2.75) is 32.3 Å². The monoisotopic (exact) mass is 455 g/mol. The normalized spacial score (nSPS) is 16.8. The fourth-order valence-electron chi connectivity index (χ4n) is 4.13. The van der Waals surface area contributed by atoms with Gasteiger partial charge in [0, 0.05) is 44.2 Å². The van der Waals surface area contributed by atoms with Crippen molar-refractivity contribution in [2.24, 2.45) is 0 Å². The van der Waals surface area contributed by atoms with Crippen LogP contribution in [0, 0.1) is 0 Å². The number of carbonyl (C=O) groups excluding carboxylic acids is 1. The van der Waals surface area contributed by atoms with Crippen LogP contribution >= 0.6 is 11.6 Å². The summed E-state index contributed by atoms with van der Waals surface area (Å²) in [7, 11) is 1.61. The van der Waals surface area contributed by atoms with E-state index in [1.54, 1.807) is 14.0 Å². The van der Waals surface area contributed by atoms with Crippen LogP contribution in [0.2, 0.25) is 5.02 Å². The Kier molecular flexibility index (Phi) is 5.55. The average molecular weight is 456 g/mol. The van der Waals surface area contributed by atoms with Crippen molar-refractivity contribution in [2.75, 3.05) is 38.2 Å². The van der Waals surface area contributed by atoms with Crippen LogP contribution in [0.3, 0.4) is 0 Å². The lowest BCUT2D eigenvalue weighted by Crippen LogP contribution is -2.48. The van der Waals surface area contributed by atoms with E-state index < -0.39 is 0 Å². The number of benzene rings is 1. The molecule has 9 heteroatoms. The van der Waals surface area contributed by atoms with E-state index in [9.17, 15) is 4.79 Å². The van der Waals surface area contributed by atoms with Crippen molar-refractivity contribution in [1.29, 1.82) is 0 Å². The largest absolute Gasteiger partial charge is 0.480 e. The van der Waals surface area contributed by atoms with Gasteiger partial charge in [-0.25, -0.2) is 0 Å². The number of anilines is 1. The molecule has 0 atom stereocenters. The molecule has 2 aliphatic rings. The second kappa shape index (κ2) is 8.50. The molecule has 0 radical (unpaired) electrons. The number of hydrogen-bond acceptors (Lipinski definition) is 6. The van der Waals surface area contributed by atoms with Crippen LogP contribution < -0.4 is 14.4 Å². The maximum absolute atomic E-state index is 11.6. The van der Waals surface area contributed by atoms with Crippen LogP contribution in [0.1, 0.15) is 26.2 Å². The first-order valence-electron chi connectivity index (χ1n) is 10.9. The third kappa shape index (κ3) is 3.95. The van der Waals surface area contributed by atoms with Gasteiger partial charge >= 0.3 is 0 Å². The second-order valence-corrected chi connectivity index (χ2v) is 8.69. The van der Waals surface area contributed by atoms with Crippen molar-refractivity contribution in [1.82, 2.24) is 19.9 Å². The minimum absolute atomic E-state index is 0.107. The first kappa shape index (κ1) is 20.9. The van der Waals surface area contributed by atoms with E-state index in [0.29, 0.717) is 30.0 Å². The van der Waals surface area contributed by atoms with Crippen molar-refractivity contribution >= 4 is 34.4 Å². The number of piperazine rings is 1. The summed E-state index contributed by atoms with van der Waals surface area (Å²) in [6, 6.07) is 8.28. The molecule has 5 rings (SSSR count). The Balaban J connectivity index is 1.42. The van der Waals surface area contributed by atoms with Gasteiger partial charge in [0.1, 0.15) is 11.9 Å². The van der Waals surface area contributed by atoms with Crippen LogP contribution in [-0.2, 0) is 4.79 Å². The number of carbonyl (C=O) groups is 1. The Morgan fingerprint density at radius 1 is 1.12 bits per heavy atom. The maximum Gasteiger partial charge on any atom is 0.294 e. The summed E-state index contributed by atoms with van der Waals surface area (Å²) in [5.41, 5.74) is 3.22. The Labute approximate surface area is 191 Å². The molecule has 1 amide bonds. The molecular weight excluding hydrogens is 430 g/mol. The van der Waals surface area contributed by atoms with Gasteiger partial charge in [0.25, 0.3) is 6.01 Å². The van der Waals surface area contributed by atoms with Gasteiger partial charge < -0.3 is 24.3 Å². The number of aromatic amines is 1. The zero-order valence-corrected chi connectivity index (χ0v) is 19.0. The summed E-state index contributed by atoms with van der Waals surface area (Å²) in [5.74, 6) is 1.43. The smallest absolute Gasteiger partial charge is 0.294 e. The highest BCUT2D eigenvalue weighted by atomic mass is 35.5. The number of imidazole rings is 1. The number of fused-ring (bicyclic) bond motifs is 1. The minimum atomic E-state index is 0.107. The number of rotatable bonds is 5. The van der Waals surface area contributed by atoms with Gasteiger partial charge in [0.05, 0.1) is 23.2 Å². The van der Waals surface area contributed by atoms with E-state index in [1.807, 2.05) is 29.2 Å². The van der Waals surface area contributed by atoms with E-state index in [4.69, 9.17) is 26.1 Å². The van der Waals surface area contributed by atoms with Crippen molar-refractivity contribution in [3.63, 3.8) is 0 Å². The average Bonchev–Trinajstić information content (AvgIpc) is 3.16. The maximum atomic E-state index is 11.6. The lowest BCUT2D eigenvalue weighted by molar-refractivity contribution is -0.129. The van der Waals surface area contributed by atoms with Gasteiger partial charge in [-0.05, 0) is 43.5 Å². The van der Waals surface area contributed by atoms with E-state index in [0.717, 1.165) is 53.9 Å². The lowest BCUT2D eigenvalue weighted by Gasteiger charge is -2.35. The van der Waals surface area contributed by atoms with E-state index >= 15 is 0 Å². The zero-order valence-electron chi connectivity index (χ0n) is 18.2. The standard InChI is InChI=1S/C23H26ClN5O3/c1-14(30)28-8-10-29(11-9-28)21-7-6-16(22(27-21)31-2)17-12-19-20(13-18(17)24)26-23(25-19)32-15-4-3-5-15/h6-7,12-13,15H,3-5,8-11H2,1-2H3,(H,25,26). The summed E-state index contributed by atoms with van der Waals surface area (Å²) in [6.07, 6.45) is 3.60. The molecule has 168 valence electrons. The molecule has 2 aromatic heterocycles. The number of amides is 1. The highest BCUT2D eigenvalue weighted by Gasteiger charge is 2.23. The Morgan fingerprint density at radius 3 is 2.56 bits per heavy atom. The van der Waals surface area contributed by atoms with Gasteiger partial charge in [-0.1, -0.05) is 11.6 Å². The van der Waals surface area contributed by atoms with Gasteiger partial charge in [-0.2, -0.15) is 9.97 Å². The number of aromatic nitrogens is 3. The van der Waals surface area contributed by atoms with Gasteiger partial charge in [-0.3, -0.25) is 4.79 Å². The molecule has 1 saturated heterocycles. The van der Waals surface area contributed by atoms with Crippen LogP contribution in [0.5, 0.6) is 11.9 Å². The lowest BCUT2D eigenvalue weighted by atomic mass is 9.96. The summed E-state index contributed by atoms with van der Waals surface area (Å²) >= 11 is 6.63. The molecule has 32 heavy (non-hydrogen) atoms. The predicted molar refractivity (Wildman–Crippen MR) is 124 cm³/mol. The molecule has 0 bridgehead atoms. The van der Waals surface area contributed by atoms with Crippen molar-refractivity contribution in [3.05, 3.63) is 29.3 Å². The molecule has 3 aromatic rings. The summed E-state index contributed by atoms with van der Waals surface area (Å²) < 4.78 is 11.5. The quantitative estimate of drug-likeness (QED) is 0.628. The van der Waals surface area contributed by atoms with E-state index in [1.165, 1.54) is 6.42 Å². The number of nitrogens with zero attached hydrogens (tertiary/aromatic N) is 4. The van der Waals surface area contributed by atoms with Gasteiger partial charge in [0.2, 0.25) is 11.8 Å². The summed E-state index contributed by atoms with van der Waals surface area (Å²) in [5, 5.41) is 0.583. The first-order valence-corrected chi connectivity index (χ1v) is 11.3. The van der Waals surface area contributed by atoms with Gasteiger partial charge in [0.15, 0.2) is 0 Å². The van der Waals surface area contributed by atoms with Crippen LogP contribution in [0.4, 0.5) is 5.82 Å². The molecule has 8 nitrogen and oxygen atoms in total. The predicted octanol–water partition coefficient (Wildman–Crippen LogP) is 3.89. The minimum Gasteiger partial charge on any atom is -0.480 e. The highest BCUT2D eigenvalue weighted by molar-refractivity contribution is 6.34. The van der Waals surface area contributed by atoms with E-state index in [2.05, 4.69) is 14.9 Å². The summed E-state index contributed by atoms with van der Waals surface area (Å²) in [6.45, 7) is 4.45. The van der Waals surface area contributed by atoms with Crippen molar-refractivity contribution in [3.8, 4) is 23.0 Å².